The number of pyridine rings is 1. The number of ether oxygens (including phenoxy) is 1. The SMILES string of the molecule is Nc1ccc(CO)nc1C=NC1CCOCC1. The average molecular weight is 235 g/mol. The van der Waals surface area contributed by atoms with Crippen LogP contribution in [0.1, 0.15) is 24.2 Å². The van der Waals surface area contributed by atoms with Crippen LogP contribution in [-0.2, 0) is 11.3 Å². The van der Waals surface area contributed by atoms with E-state index >= 15 is 0 Å². The summed E-state index contributed by atoms with van der Waals surface area (Å²) >= 11 is 0. The molecule has 1 aliphatic rings. The Bertz CT molecular complexity index is 401. The fourth-order valence-corrected chi connectivity index (χ4v) is 1.73. The lowest BCUT2D eigenvalue weighted by atomic mass is 10.1. The van der Waals surface area contributed by atoms with Gasteiger partial charge in [-0.15, -0.1) is 0 Å². The second kappa shape index (κ2) is 5.75. The van der Waals surface area contributed by atoms with Gasteiger partial charge in [-0.2, -0.15) is 0 Å². The molecule has 0 atom stereocenters. The lowest BCUT2D eigenvalue weighted by Crippen LogP contribution is -2.18. The highest BCUT2D eigenvalue weighted by Gasteiger charge is 2.11. The highest BCUT2D eigenvalue weighted by Crippen LogP contribution is 2.12. The summed E-state index contributed by atoms with van der Waals surface area (Å²) in [5, 5.41) is 9.01. The third-order valence-corrected chi connectivity index (χ3v) is 2.78. The molecule has 1 aromatic rings. The van der Waals surface area contributed by atoms with Crippen LogP contribution < -0.4 is 5.73 Å². The molecule has 92 valence electrons. The molecule has 3 N–H and O–H groups in total. The quantitative estimate of drug-likeness (QED) is 0.758. The van der Waals surface area contributed by atoms with E-state index in [4.69, 9.17) is 15.6 Å². The summed E-state index contributed by atoms with van der Waals surface area (Å²) in [7, 11) is 0. The zero-order chi connectivity index (χ0) is 12.1. The van der Waals surface area contributed by atoms with E-state index in [1.165, 1.54) is 0 Å². The lowest BCUT2D eigenvalue weighted by molar-refractivity contribution is 0.0872. The molecule has 0 saturated carbocycles. The second-order valence-electron chi connectivity index (χ2n) is 4.06. The molecular weight excluding hydrogens is 218 g/mol. The van der Waals surface area contributed by atoms with Gasteiger partial charge in [0.25, 0.3) is 0 Å². The molecule has 1 saturated heterocycles. The fraction of sp³-hybridized carbons (Fsp3) is 0.500. The average Bonchev–Trinajstić information content (AvgIpc) is 2.39. The van der Waals surface area contributed by atoms with Crippen molar-refractivity contribution in [2.24, 2.45) is 4.99 Å². The molecule has 17 heavy (non-hydrogen) atoms. The van der Waals surface area contributed by atoms with E-state index in [0.717, 1.165) is 26.1 Å². The van der Waals surface area contributed by atoms with Gasteiger partial charge in [0.05, 0.1) is 24.0 Å². The van der Waals surface area contributed by atoms with Gasteiger partial charge < -0.3 is 15.6 Å². The Labute approximate surface area is 100 Å². The van der Waals surface area contributed by atoms with Gasteiger partial charge in [0.15, 0.2) is 0 Å². The Morgan fingerprint density at radius 2 is 2.24 bits per heavy atom. The first-order chi connectivity index (χ1) is 8.29. The predicted molar refractivity (Wildman–Crippen MR) is 66.0 cm³/mol. The van der Waals surface area contributed by atoms with Crippen LogP contribution in [0.5, 0.6) is 0 Å². The molecule has 1 fully saturated rings. The minimum Gasteiger partial charge on any atom is -0.397 e. The number of nitrogens with zero attached hydrogens (tertiary/aromatic N) is 2. The first-order valence-electron chi connectivity index (χ1n) is 5.77. The van der Waals surface area contributed by atoms with Crippen LogP contribution in [0.4, 0.5) is 5.69 Å². The molecule has 2 rings (SSSR count). The number of aliphatic imine (C=N–C) groups is 1. The van der Waals surface area contributed by atoms with Crippen LogP contribution in [0, 0.1) is 0 Å². The van der Waals surface area contributed by atoms with Crippen LogP contribution in [-0.4, -0.2) is 35.6 Å². The Balaban J connectivity index is 2.08. The van der Waals surface area contributed by atoms with Crippen molar-refractivity contribution in [3.63, 3.8) is 0 Å². The molecular formula is C12H17N3O2. The third-order valence-electron chi connectivity index (χ3n) is 2.78. The molecule has 0 aliphatic carbocycles. The summed E-state index contributed by atoms with van der Waals surface area (Å²) in [6.07, 6.45) is 3.58. The van der Waals surface area contributed by atoms with Crippen molar-refractivity contribution in [1.29, 1.82) is 0 Å². The topological polar surface area (TPSA) is 80.7 Å². The molecule has 0 amide bonds. The summed E-state index contributed by atoms with van der Waals surface area (Å²) in [6.45, 7) is 1.45. The van der Waals surface area contributed by atoms with Crippen LogP contribution in [0.15, 0.2) is 17.1 Å². The number of aliphatic hydroxyl groups is 1. The van der Waals surface area contributed by atoms with Gasteiger partial charge in [0.1, 0.15) is 5.69 Å². The van der Waals surface area contributed by atoms with E-state index in [-0.39, 0.29) is 6.61 Å². The van der Waals surface area contributed by atoms with Crippen molar-refractivity contribution in [3.8, 4) is 0 Å². The van der Waals surface area contributed by atoms with Gasteiger partial charge >= 0.3 is 0 Å². The van der Waals surface area contributed by atoms with Crippen LogP contribution in [0.3, 0.4) is 0 Å². The summed E-state index contributed by atoms with van der Waals surface area (Å²) < 4.78 is 5.26. The predicted octanol–water partition coefficient (Wildman–Crippen LogP) is 0.754. The highest BCUT2D eigenvalue weighted by molar-refractivity contribution is 5.84. The molecule has 0 bridgehead atoms. The highest BCUT2D eigenvalue weighted by atomic mass is 16.5. The normalized spacial score (nSPS) is 17.7. The van der Waals surface area contributed by atoms with Gasteiger partial charge in [0, 0.05) is 19.4 Å². The van der Waals surface area contributed by atoms with Gasteiger partial charge in [-0.1, -0.05) is 0 Å². The van der Waals surface area contributed by atoms with E-state index in [9.17, 15) is 0 Å². The summed E-state index contributed by atoms with van der Waals surface area (Å²) in [6, 6.07) is 3.74. The van der Waals surface area contributed by atoms with Gasteiger partial charge in [0.2, 0.25) is 0 Å². The Hall–Kier alpha value is -1.46. The molecule has 1 aliphatic heterocycles. The Morgan fingerprint density at radius 3 is 2.94 bits per heavy atom. The smallest absolute Gasteiger partial charge is 0.104 e. The molecule has 0 unspecified atom stereocenters. The largest absolute Gasteiger partial charge is 0.397 e. The van der Waals surface area contributed by atoms with Crippen molar-refractivity contribution >= 4 is 11.9 Å². The van der Waals surface area contributed by atoms with Crippen molar-refractivity contribution in [2.75, 3.05) is 18.9 Å². The van der Waals surface area contributed by atoms with Gasteiger partial charge in [-0.25, -0.2) is 4.98 Å². The molecule has 0 aromatic carbocycles. The minimum atomic E-state index is -0.0849. The number of nitrogens with two attached hydrogens (primary N) is 1. The van der Waals surface area contributed by atoms with Crippen LogP contribution in [0.2, 0.25) is 0 Å². The van der Waals surface area contributed by atoms with Crippen molar-refractivity contribution in [2.45, 2.75) is 25.5 Å². The van der Waals surface area contributed by atoms with Crippen molar-refractivity contribution in [1.82, 2.24) is 4.98 Å². The Morgan fingerprint density at radius 1 is 1.47 bits per heavy atom. The first kappa shape index (κ1) is 12.0. The summed E-state index contributed by atoms with van der Waals surface area (Å²) in [5.74, 6) is 0. The van der Waals surface area contributed by atoms with Crippen LogP contribution in [0.25, 0.3) is 0 Å². The van der Waals surface area contributed by atoms with E-state index in [1.54, 1.807) is 18.3 Å². The summed E-state index contributed by atoms with van der Waals surface area (Å²) in [5.41, 5.74) is 7.61. The number of hydrogen-bond acceptors (Lipinski definition) is 5. The number of anilines is 1. The zero-order valence-corrected chi connectivity index (χ0v) is 9.67. The first-order valence-corrected chi connectivity index (χ1v) is 5.77. The minimum absolute atomic E-state index is 0.0849. The number of rotatable bonds is 3. The fourth-order valence-electron chi connectivity index (χ4n) is 1.73. The van der Waals surface area contributed by atoms with Crippen molar-refractivity contribution in [3.05, 3.63) is 23.5 Å². The zero-order valence-electron chi connectivity index (χ0n) is 9.67. The molecule has 5 nitrogen and oxygen atoms in total. The maximum absolute atomic E-state index is 9.01. The van der Waals surface area contributed by atoms with E-state index < -0.39 is 0 Å². The molecule has 0 spiro atoms. The molecule has 1 aromatic heterocycles. The molecule has 0 radical (unpaired) electrons. The summed E-state index contributed by atoms with van der Waals surface area (Å²) in [4.78, 5) is 8.68. The number of nitrogen functional groups attached to an aromatic ring is 1. The number of aliphatic hydroxyl groups excluding tert-OH is 1. The van der Waals surface area contributed by atoms with Crippen molar-refractivity contribution < 1.29 is 9.84 Å². The number of hydrogen-bond donors (Lipinski definition) is 2. The van der Waals surface area contributed by atoms with E-state index in [2.05, 4.69) is 9.98 Å². The van der Waals surface area contributed by atoms with E-state index in [1.807, 2.05) is 0 Å². The van der Waals surface area contributed by atoms with Crippen LogP contribution >= 0.6 is 0 Å². The van der Waals surface area contributed by atoms with Gasteiger partial charge in [-0.05, 0) is 25.0 Å². The van der Waals surface area contributed by atoms with E-state index in [0.29, 0.717) is 23.1 Å². The van der Waals surface area contributed by atoms with Gasteiger partial charge in [-0.3, -0.25) is 4.99 Å². The maximum Gasteiger partial charge on any atom is 0.104 e. The standard InChI is InChI=1S/C12H17N3O2/c13-11-2-1-10(8-16)15-12(11)7-14-9-3-5-17-6-4-9/h1-2,7,9,16H,3-6,8,13H2. The molecule has 2 heterocycles. The maximum atomic E-state index is 9.01. The Kier molecular flexibility index (Phi) is 4.06. The third kappa shape index (κ3) is 3.25. The number of aromatic nitrogens is 1. The monoisotopic (exact) mass is 235 g/mol. The molecule has 5 heteroatoms. The second-order valence-corrected chi connectivity index (χ2v) is 4.06. The lowest BCUT2D eigenvalue weighted by Gasteiger charge is -2.17.